The van der Waals surface area contributed by atoms with E-state index in [-0.39, 0.29) is 0 Å². The zero-order valence-electron chi connectivity index (χ0n) is 11.9. The first kappa shape index (κ1) is 14.7. The molecule has 1 aromatic rings. The standard InChI is InChI=1S/C15H20O5/c1-17-12-3-4-14(13(9-12)15(16)18-2)20-10-11-5-7-19-8-6-11/h3-4,9,11H,5-8,10H2,1-2H3. The largest absolute Gasteiger partial charge is 0.497 e. The quantitative estimate of drug-likeness (QED) is 0.775. The Bertz CT molecular complexity index is 452. The second-order valence-corrected chi connectivity index (χ2v) is 4.72. The zero-order chi connectivity index (χ0) is 14.4. The molecule has 5 nitrogen and oxygen atoms in total. The summed E-state index contributed by atoms with van der Waals surface area (Å²) < 4.78 is 21.0. The minimum Gasteiger partial charge on any atom is -0.497 e. The minimum absolute atomic E-state index is 0.388. The predicted octanol–water partition coefficient (Wildman–Crippen LogP) is 2.29. The van der Waals surface area contributed by atoms with Crippen molar-refractivity contribution in [1.82, 2.24) is 0 Å². The van der Waals surface area contributed by atoms with Gasteiger partial charge < -0.3 is 18.9 Å². The van der Waals surface area contributed by atoms with Gasteiger partial charge in [0.25, 0.3) is 0 Å². The predicted molar refractivity (Wildman–Crippen MR) is 73.4 cm³/mol. The summed E-state index contributed by atoms with van der Waals surface area (Å²) in [6.45, 7) is 2.14. The first-order chi connectivity index (χ1) is 9.74. The average Bonchev–Trinajstić information content (AvgIpc) is 2.53. The number of esters is 1. The summed E-state index contributed by atoms with van der Waals surface area (Å²) in [6.07, 6.45) is 1.98. The molecular formula is C15H20O5. The number of carbonyl (C=O) groups is 1. The first-order valence-electron chi connectivity index (χ1n) is 6.71. The molecule has 0 bridgehead atoms. The average molecular weight is 280 g/mol. The van der Waals surface area contributed by atoms with Crippen molar-refractivity contribution in [2.75, 3.05) is 34.0 Å². The van der Waals surface area contributed by atoms with Crippen molar-refractivity contribution >= 4 is 5.97 Å². The summed E-state index contributed by atoms with van der Waals surface area (Å²) in [6, 6.07) is 5.14. The molecule has 0 saturated carbocycles. The molecule has 1 aliphatic rings. The molecular weight excluding hydrogens is 260 g/mol. The Hall–Kier alpha value is -1.75. The third kappa shape index (κ3) is 3.63. The molecule has 0 amide bonds. The van der Waals surface area contributed by atoms with E-state index in [0.717, 1.165) is 26.1 Å². The lowest BCUT2D eigenvalue weighted by atomic mass is 10.0. The summed E-state index contributed by atoms with van der Waals surface area (Å²) in [5.41, 5.74) is 0.388. The van der Waals surface area contributed by atoms with E-state index in [4.69, 9.17) is 18.9 Å². The first-order valence-corrected chi connectivity index (χ1v) is 6.71. The van der Waals surface area contributed by atoms with Crippen LogP contribution in [0.3, 0.4) is 0 Å². The van der Waals surface area contributed by atoms with E-state index in [0.29, 0.717) is 29.6 Å². The van der Waals surface area contributed by atoms with Crippen molar-refractivity contribution in [3.63, 3.8) is 0 Å². The lowest BCUT2D eigenvalue weighted by molar-refractivity contribution is 0.0483. The highest BCUT2D eigenvalue weighted by atomic mass is 16.5. The van der Waals surface area contributed by atoms with Crippen LogP contribution in [0.2, 0.25) is 0 Å². The van der Waals surface area contributed by atoms with Gasteiger partial charge in [-0.15, -0.1) is 0 Å². The van der Waals surface area contributed by atoms with Crippen LogP contribution < -0.4 is 9.47 Å². The summed E-state index contributed by atoms with van der Waals surface area (Å²) >= 11 is 0. The molecule has 1 fully saturated rings. The molecule has 0 radical (unpaired) electrons. The zero-order valence-corrected chi connectivity index (χ0v) is 11.9. The molecule has 1 saturated heterocycles. The molecule has 2 rings (SSSR count). The molecule has 5 heteroatoms. The van der Waals surface area contributed by atoms with Crippen LogP contribution in [0.15, 0.2) is 18.2 Å². The minimum atomic E-state index is -0.425. The number of rotatable bonds is 5. The van der Waals surface area contributed by atoms with E-state index in [1.165, 1.54) is 7.11 Å². The van der Waals surface area contributed by atoms with Gasteiger partial charge in [0.05, 0.1) is 20.8 Å². The van der Waals surface area contributed by atoms with Gasteiger partial charge in [0.15, 0.2) is 0 Å². The maximum Gasteiger partial charge on any atom is 0.341 e. The maximum absolute atomic E-state index is 11.8. The van der Waals surface area contributed by atoms with E-state index < -0.39 is 5.97 Å². The van der Waals surface area contributed by atoms with E-state index in [9.17, 15) is 4.79 Å². The number of hydrogen-bond donors (Lipinski definition) is 0. The topological polar surface area (TPSA) is 54.0 Å². The van der Waals surface area contributed by atoms with Crippen LogP contribution in [0, 0.1) is 5.92 Å². The van der Waals surface area contributed by atoms with Gasteiger partial charge in [0, 0.05) is 13.2 Å². The van der Waals surface area contributed by atoms with Crippen molar-refractivity contribution in [1.29, 1.82) is 0 Å². The molecule has 1 aliphatic heterocycles. The summed E-state index contributed by atoms with van der Waals surface area (Å²) in [7, 11) is 2.91. The van der Waals surface area contributed by atoms with Crippen molar-refractivity contribution in [3.05, 3.63) is 23.8 Å². The Morgan fingerprint density at radius 3 is 2.70 bits per heavy atom. The fourth-order valence-corrected chi connectivity index (χ4v) is 2.15. The third-order valence-electron chi connectivity index (χ3n) is 3.41. The van der Waals surface area contributed by atoms with Gasteiger partial charge >= 0.3 is 5.97 Å². The molecule has 110 valence electrons. The van der Waals surface area contributed by atoms with E-state index >= 15 is 0 Å². The van der Waals surface area contributed by atoms with Crippen molar-refractivity contribution in [2.45, 2.75) is 12.8 Å². The van der Waals surface area contributed by atoms with E-state index in [1.54, 1.807) is 25.3 Å². The molecule has 1 aromatic carbocycles. The van der Waals surface area contributed by atoms with E-state index in [2.05, 4.69) is 0 Å². The second kappa shape index (κ2) is 7.14. The Morgan fingerprint density at radius 1 is 1.30 bits per heavy atom. The molecule has 0 aliphatic carbocycles. The van der Waals surface area contributed by atoms with Crippen LogP contribution in [0.4, 0.5) is 0 Å². The Labute approximate surface area is 118 Å². The summed E-state index contributed by atoms with van der Waals surface area (Å²) in [5, 5.41) is 0. The molecule has 20 heavy (non-hydrogen) atoms. The van der Waals surface area contributed by atoms with Crippen LogP contribution >= 0.6 is 0 Å². The maximum atomic E-state index is 11.8. The fraction of sp³-hybridized carbons (Fsp3) is 0.533. The number of ether oxygens (including phenoxy) is 4. The van der Waals surface area contributed by atoms with Crippen molar-refractivity contribution in [2.24, 2.45) is 5.92 Å². The molecule has 0 spiro atoms. The highest BCUT2D eigenvalue weighted by Crippen LogP contribution is 2.26. The fourth-order valence-electron chi connectivity index (χ4n) is 2.15. The second-order valence-electron chi connectivity index (χ2n) is 4.72. The van der Waals surface area contributed by atoms with Crippen LogP contribution in [0.5, 0.6) is 11.5 Å². The van der Waals surface area contributed by atoms with Gasteiger partial charge in [-0.25, -0.2) is 4.79 Å². The van der Waals surface area contributed by atoms with Gasteiger partial charge in [-0.1, -0.05) is 0 Å². The highest BCUT2D eigenvalue weighted by molar-refractivity contribution is 5.92. The molecule has 1 heterocycles. The Kier molecular flexibility index (Phi) is 5.24. The Morgan fingerprint density at radius 2 is 2.05 bits per heavy atom. The number of benzene rings is 1. The van der Waals surface area contributed by atoms with Gasteiger partial charge in [-0.05, 0) is 37.0 Å². The number of hydrogen-bond acceptors (Lipinski definition) is 5. The number of methoxy groups -OCH3 is 2. The molecule has 0 unspecified atom stereocenters. The van der Waals surface area contributed by atoms with Crippen molar-refractivity contribution < 1.29 is 23.7 Å². The normalized spacial score (nSPS) is 15.7. The lowest BCUT2D eigenvalue weighted by Gasteiger charge is -2.22. The van der Waals surface area contributed by atoms with Gasteiger partial charge in [-0.3, -0.25) is 0 Å². The summed E-state index contributed by atoms with van der Waals surface area (Å²) in [4.78, 5) is 11.8. The van der Waals surface area contributed by atoms with Gasteiger partial charge in [0.1, 0.15) is 17.1 Å². The van der Waals surface area contributed by atoms with Crippen LogP contribution in [-0.4, -0.2) is 40.0 Å². The van der Waals surface area contributed by atoms with Crippen molar-refractivity contribution in [3.8, 4) is 11.5 Å². The SMILES string of the molecule is COC(=O)c1cc(OC)ccc1OCC1CCOCC1. The van der Waals surface area contributed by atoms with Crippen LogP contribution in [0.25, 0.3) is 0 Å². The highest BCUT2D eigenvalue weighted by Gasteiger charge is 2.18. The monoisotopic (exact) mass is 280 g/mol. The van der Waals surface area contributed by atoms with E-state index in [1.807, 2.05) is 0 Å². The smallest absolute Gasteiger partial charge is 0.341 e. The molecule has 0 N–H and O–H groups in total. The van der Waals surface area contributed by atoms with Gasteiger partial charge in [-0.2, -0.15) is 0 Å². The van der Waals surface area contributed by atoms with Gasteiger partial charge in [0.2, 0.25) is 0 Å². The number of carbonyl (C=O) groups excluding carboxylic acids is 1. The summed E-state index contributed by atoms with van der Waals surface area (Å²) in [5.74, 6) is 1.18. The lowest BCUT2D eigenvalue weighted by Crippen LogP contribution is -2.22. The molecule has 0 aromatic heterocycles. The van der Waals surface area contributed by atoms with Crippen LogP contribution in [-0.2, 0) is 9.47 Å². The Balaban J connectivity index is 2.07. The van der Waals surface area contributed by atoms with Crippen LogP contribution in [0.1, 0.15) is 23.2 Å². The third-order valence-corrected chi connectivity index (χ3v) is 3.41. The molecule has 0 atom stereocenters.